The van der Waals surface area contributed by atoms with Gasteiger partial charge < -0.3 is 10.1 Å². The Morgan fingerprint density at radius 1 is 0.967 bits per heavy atom. The zero-order valence-corrected chi connectivity index (χ0v) is 16.2. The first-order valence-electron chi connectivity index (χ1n) is 9.26. The van der Waals surface area contributed by atoms with Gasteiger partial charge in [0, 0.05) is 12.2 Å². The van der Waals surface area contributed by atoms with Crippen LogP contribution in [0.2, 0.25) is 0 Å². The molecule has 1 atom stereocenters. The quantitative estimate of drug-likeness (QED) is 0.560. The van der Waals surface area contributed by atoms with Crippen LogP contribution in [0.5, 0.6) is 5.75 Å². The van der Waals surface area contributed by atoms with Crippen molar-refractivity contribution in [2.75, 3.05) is 12.4 Å². The molecule has 0 aliphatic heterocycles. The van der Waals surface area contributed by atoms with Crippen LogP contribution in [0.25, 0.3) is 0 Å². The number of methoxy groups -OCH3 is 1. The maximum Gasteiger partial charge on any atom is 0.416 e. The van der Waals surface area contributed by atoms with Gasteiger partial charge in [0.15, 0.2) is 0 Å². The Labute approximate surface area is 172 Å². The smallest absolute Gasteiger partial charge is 0.416 e. The van der Waals surface area contributed by atoms with E-state index in [2.05, 4.69) is 10.6 Å². The Hall–Kier alpha value is -3.32. The molecule has 0 unspecified atom stereocenters. The average molecular weight is 414 g/mol. The number of hydrogen-bond acceptors (Lipinski definition) is 3. The van der Waals surface area contributed by atoms with Crippen molar-refractivity contribution >= 4 is 11.6 Å². The van der Waals surface area contributed by atoms with Crippen molar-refractivity contribution in [3.8, 4) is 5.75 Å². The molecular formula is C23H21F3N2O2. The van der Waals surface area contributed by atoms with Gasteiger partial charge in [0.05, 0.1) is 12.7 Å². The van der Waals surface area contributed by atoms with Gasteiger partial charge in [0.2, 0.25) is 5.91 Å². The first-order valence-corrected chi connectivity index (χ1v) is 9.26. The van der Waals surface area contributed by atoms with Crippen molar-refractivity contribution in [1.82, 2.24) is 5.32 Å². The molecule has 1 amide bonds. The molecule has 0 radical (unpaired) electrons. The fourth-order valence-corrected chi connectivity index (χ4v) is 2.96. The zero-order valence-electron chi connectivity index (χ0n) is 16.2. The third-order valence-corrected chi connectivity index (χ3v) is 4.52. The van der Waals surface area contributed by atoms with E-state index in [4.69, 9.17) is 4.74 Å². The predicted molar refractivity (Wildman–Crippen MR) is 109 cm³/mol. The first kappa shape index (κ1) is 21.4. The Bertz CT molecular complexity index is 974. The van der Waals surface area contributed by atoms with E-state index in [0.29, 0.717) is 12.1 Å². The third-order valence-electron chi connectivity index (χ3n) is 4.52. The summed E-state index contributed by atoms with van der Waals surface area (Å²) in [5.74, 6) is 0.273. The molecule has 0 saturated heterocycles. The molecular weight excluding hydrogens is 393 g/mol. The molecule has 0 aliphatic carbocycles. The summed E-state index contributed by atoms with van der Waals surface area (Å²) in [4.78, 5) is 12.9. The molecule has 0 saturated carbocycles. The second kappa shape index (κ2) is 9.45. The van der Waals surface area contributed by atoms with Crippen molar-refractivity contribution in [2.24, 2.45) is 0 Å². The minimum absolute atomic E-state index is 0.0852. The van der Waals surface area contributed by atoms with Crippen molar-refractivity contribution in [2.45, 2.75) is 18.8 Å². The number of nitrogens with one attached hydrogen (secondary N) is 2. The maximum absolute atomic E-state index is 13.0. The van der Waals surface area contributed by atoms with Gasteiger partial charge in [0.25, 0.3) is 0 Å². The van der Waals surface area contributed by atoms with Gasteiger partial charge in [-0.05, 0) is 41.5 Å². The molecule has 156 valence electrons. The van der Waals surface area contributed by atoms with E-state index < -0.39 is 23.7 Å². The van der Waals surface area contributed by atoms with E-state index in [-0.39, 0.29) is 5.69 Å². The fourth-order valence-electron chi connectivity index (χ4n) is 2.96. The summed E-state index contributed by atoms with van der Waals surface area (Å²) < 4.78 is 44.0. The Kier molecular flexibility index (Phi) is 6.74. The summed E-state index contributed by atoms with van der Waals surface area (Å²) in [6, 6.07) is 20.2. The Balaban J connectivity index is 1.77. The highest BCUT2D eigenvalue weighted by atomic mass is 19.4. The number of benzene rings is 3. The summed E-state index contributed by atoms with van der Waals surface area (Å²) in [5.41, 5.74) is 0.906. The first-order chi connectivity index (χ1) is 14.4. The number of alkyl halides is 3. The molecule has 0 aromatic heterocycles. The highest BCUT2D eigenvalue weighted by molar-refractivity contribution is 5.95. The predicted octanol–water partition coefficient (Wildman–Crippen LogP) is 5.18. The van der Waals surface area contributed by atoms with Crippen LogP contribution in [-0.2, 0) is 17.5 Å². The Morgan fingerprint density at radius 3 is 2.30 bits per heavy atom. The molecule has 0 aliphatic rings. The van der Waals surface area contributed by atoms with E-state index in [0.717, 1.165) is 23.4 Å². The molecule has 0 spiro atoms. The monoisotopic (exact) mass is 414 g/mol. The summed E-state index contributed by atoms with van der Waals surface area (Å²) in [7, 11) is 1.58. The van der Waals surface area contributed by atoms with Crippen LogP contribution in [0.15, 0.2) is 78.9 Å². The number of anilines is 1. The molecule has 0 bridgehead atoms. The number of carbonyl (C=O) groups is 1. The van der Waals surface area contributed by atoms with Gasteiger partial charge in [0.1, 0.15) is 11.8 Å². The number of hydrogen-bond donors (Lipinski definition) is 2. The molecule has 30 heavy (non-hydrogen) atoms. The number of rotatable bonds is 7. The highest BCUT2D eigenvalue weighted by Crippen LogP contribution is 2.31. The number of halogens is 3. The van der Waals surface area contributed by atoms with Crippen LogP contribution in [0.3, 0.4) is 0 Å². The van der Waals surface area contributed by atoms with Crippen molar-refractivity contribution < 1.29 is 22.7 Å². The molecule has 3 rings (SSSR count). The van der Waals surface area contributed by atoms with E-state index in [9.17, 15) is 18.0 Å². The van der Waals surface area contributed by atoms with Gasteiger partial charge in [-0.2, -0.15) is 13.2 Å². The van der Waals surface area contributed by atoms with Gasteiger partial charge in [-0.3, -0.25) is 10.1 Å². The van der Waals surface area contributed by atoms with Crippen molar-refractivity contribution in [1.29, 1.82) is 0 Å². The average Bonchev–Trinajstić information content (AvgIpc) is 2.75. The van der Waals surface area contributed by atoms with E-state index in [1.54, 1.807) is 31.4 Å². The lowest BCUT2D eigenvalue weighted by atomic mass is 10.1. The van der Waals surface area contributed by atoms with E-state index in [1.165, 1.54) is 12.1 Å². The van der Waals surface area contributed by atoms with Crippen LogP contribution in [0, 0.1) is 0 Å². The molecule has 3 aromatic carbocycles. The van der Waals surface area contributed by atoms with Crippen LogP contribution in [0.1, 0.15) is 22.7 Å². The highest BCUT2D eigenvalue weighted by Gasteiger charge is 2.30. The van der Waals surface area contributed by atoms with E-state index >= 15 is 0 Å². The second-order valence-corrected chi connectivity index (χ2v) is 6.64. The molecule has 4 nitrogen and oxygen atoms in total. The lowest BCUT2D eigenvalue weighted by Gasteiger charge is -2.19. The zero-order chi connectivity index (χ0) is 21.6. The summed E-state index contributed by atoms with van der Waals surface area (Å²) in [6.07, 6.45) is -4.48. The molecule has 3 aromatic rings. The molecule has 0 fully saturated rings. The van der Waals surface area contributed by atoms with Crippen LogP contribution >= 0.6 is 0 Å². The molecule has 2 N–H and O–H groups in total. The van der Waals surface area contributed by atoms with Crippen LogP contribution in [0.4, 0.5) is 18.9 Å². The van der Waals surface area contributed by atoms with Gasteiger partial charge >= 0.3 is 6.18 Å². The lowest BCUT2D eigenvalue weighted by molar-refractivity contribution is -0.137. The SMILES string of the molecule is COc1ccc(CN[C@@H](C(=O)Nc2cccc(C(F)(F)F)c2)c2ccccc2)cc1. The van der Waals surface area contributed by atoms with Crippen LogP contribution < -0.4 is 15.4 Å². The van der Waals surface area contributed by atoms with Crippen molar-refractivity contribution in [3.63, 3.8) is 0 Å². The standard InChI is InChI=1S/C23H21F3N2O2/c1-30-20-12-10-16(11-13-20)15-27-21(17-6-3-2-4-7-17)22(29)28-19-9-5-8-18(14-19)23(24,25)26/h2-14,21,27H,15H2,1H3,(H,28,29)/t21-/m1/s1. The number of carbonyl (C=O) groups excluding carboxylic acids is 1. The molecule has 7 heteroatoms. The van der Waals surface area contributed by atoms with Gasteiger partial charge in [-0.15, -0.1) is 0 Å². The van der Waals surface area contributed by atoms with E-state index in [1.807, 2.05) is 30.3 Å². The van der Waals surface area contributed by atoms with Gasteiger partial charge in [-0.25, -0.2) is 0 Å². The fraction of sp³-hybridized carbons (Fsp3) is 0.174. The summed E-state index contributed by atoms with van der Waals surface area (Å²) in [5, 5.41) is 5.77. The number of amides is 1. The molecule has 0 heterocycles. The number of ether oxygens (including phenoxy) is 1. The largest absolute Gasteiger partial charge is 0.497 e. The minimum Gasteiger partial charge on any atom is -0.497 e. The lowest BCUT2D eigenvalue weighted by Crippen LogP contribution is -2.32. The topological polar surface area (TPSA) is 50.4 Å². The van der Waals surface area contributed by atoms with Gasteiger partial charge in [-0.1, -0.05) is 48.5 Å². The second-order valence-electron chi connectivity index (χ2n) is 6.64. The third kappa shape index (κ3) is 5.61. The summed E-state index contributed by atoms with van der Waals surface area (Å²) in [6.45, 7) is 0.388. The Morgan fingerprint density at radius 2 is 1.67 bits per heavy atom. The maximum atomic E-state index is 13.0. The van der Waals surface area contributed by atoms with Crippen molar-refractivity contribution in [3.05, 3.63) is 95.6 Å². The minimum atomic E-state index is -4.48. The van der Waals surface area contributed by atoms with Crippen LogP contribution in [-0.4, -0.2) is 13.0 Å². The normalized spacial score (nSPS) is 12.3. The summed E-state index contributed by atoms with van der Waals surface area (Å²) >= 11 is 0.